The van der Waals surface area contributed by atoms with E-state index in [0.717, 1.165) is 0 Å². The smallest absolute Gasteiger partial charge is 0.336 e. The molecule has 0 aromatic heterocycles. The molecule has 0 amide bonds. The molecule has 0 spiro atoms. The van der Waals surface area contributed by atoms with E-state index in [1.807, 2.05) is 27.7 Å². The van der Waals surface area contributed by atoms with Gasteiger partial charge in [-0.15, -0.1) is 11.6 Å². The molecule has 0 aliphatic heterocycles. The Bertz CT molecular complexity index is 257. The molecule has 0 bridgehead atoms. The monoisotopic (exact) mass is 314 g/mol. The van der Waals surface area contributed by atoms with Gasteiger partial charge in [-0.1, -0.05) is 0 Å². The first-order chi connectivity index (χ1) is 8.84. The Morgan fingerprint density at radius 3 is 2.42 bits per heavy atom. The molecule has 0 N–H and O–H groups in total. The summed E-state index contributed by atoms with van der Waals surface area (Å²) in [6.07, 6.45) is 0.425. The molecule has 0 saturated carbocycles. The molecule has 0 aromatic rings. The van der Waals surface area contributed by atoms with Crippen molar-refractivity contribution < 1.29 is 23.1 Å². The maximum absolute atomic E-state index is 12.0. The van der Waals surface area contributed by atoms with Crippen molar-refractivity contribution in [2.24, 2.45) is 0 Å². The van der Waals surface area contributed by atoms with Crippen LogP contribution in [0.1, 0.15) is 40.5 Å². The molecule has 0 fully saturated rings. The minimum atomic E-state index is -1.53. The largest absolute Gasteiger partial charge is 0.458 e. The lowest BCUT2D eigenvalue weighted by Crippen LogP contribution is -2.33. The van der Waals surface area contributed by atoms with Crippen LogP contribution in [0.5, 0.6) is 0 Å². The van der Waals surface area contributed by atoms with Gasteiger partial charge in [-0.25, -0.2) is 4.79 Å². The molecule has 0 aliphatic rings. The number of halogens is 1. The average molecular weight is 315 g/mol. The zero-order valence-corrected chi connectivity index (χ0v) is 13.9. The van der Waals surface area contributed by atoms with Crippen molar-refractivity contribution in [3.05, 3.63) is 0 Å². The van der Waals surface area contributed by atoms with Crippen LogP contribution < -0.4 is 0 Å². The van der Waals surface area contributed by atoms with Gasteiger partial charge in [-0.2, -0.15) is 0 Å². The Labute approximate surface area is 121 Å². The first-order valence-electron chi connectivity index (χ1n) is 6.26. The topological polar surface area (TPSA) is 54.0 Å². The number of hydrogen-bond acceptors (Lipinski definition) is 5. The summed E-state index contributed by atoms with van der Waals surface area (Å²) in [5.41, 5.74) is -0.554. The highest BCUT2D eigenvalue weighted by Crippen LogP contribution is 2.40. The minimum Gasteiger partial charge on any atom is -0.458 e. The molecule has 2 unspecified atom stereocenters. The van der Waals surface area contributed by atoms with Crippen LogP contribution in [0, 0.1) is 0 Å². The van der Waals surface area contributed by atoms with Gasteiger partial charge in [-0.05, 0) is 40.5 Å². The van der Waals surface area contributed by atoms with E-state index in [1.54, 1.807) is 0 Å². The SMILES string of the molecule is CCOP(OC)OC(CCCCl)C(=O)OC(C)(C)C. The summed E-state index contributed by atoms with van der Waals surface area (Å²) in [6, 6.07) is 0. The van der Waals surface area contributed by atoms with E-state index in [2.05, 4.69) is 0 Å². The second-order valence-electron chi connectivity index (χ2n) is 4.78. The number of hydrogen-bond donors (Lipinski definition) is 0. The summed E-state index contributed by atoms with van der Waals surface area (Å²) < 4.78 is 21.2. The van der Waals surface area contributed by atoms with Crippen LogP contribution in [0.4, 0.5) is 0 Å². The molecule has 7 heteroatoms. The standard InChI is InChI=1S/C12H24ClO5P/c1-6-16-19(15-5)18-10(8-7-9-13)11(14)17-12(2,3)4/h10H,6-9H2,1-5H3. The number of esters is 1. The van der Waals surface area contributed by atoms with Gasteiger partial charge in [0.25, 0.3) is 0 Å². The van der Waals surface area contributed by atoms with Crippen LogP contribution in [0.25, 0.3) is 0 Å². The Morgan fingerprint density at radius 1 is 1.37 bits per heavy atom. The maximum atomic E-state index is 12.0. The Kier molecular flexibility index (Phi) is 9.93. The summed E-state index contributed by atoms with van der Waals surface area (Å²) in [7, 11) is -0.0512. The third-order valence-corrected chi connectivity index (χ3v) is 3.33. The molecular formula is C12H24ClO5P. The van der Waals surface area contributed by atoms with Crippen molar-refractivity contribution in [3.8, 4) is 0 Å². The van der Waals surface area contributed by atoms with Gasteiger partial charge >= 0.3 is 14.6 Å². The normalized spacial score (nSPS) is 15.1. The van der Waals surface area contributed by atoms with Crippen molar-refractivity contribution >= 4 is 26.2 Å². The lowest BCUT2D eigenvalue weighted by atomic mass is 10.1. The fourth-order valence-electron chi connectivity index (χ4n) is 1.18. The molecule has 0 saturated heterocycles. The van der Waals surface area contributed by atoms with Crippen LogP contribution in [0.2, 0.25) is 0 Å². The molecule has 0 heterocycles. The molecule has 0 aromatic carbocycles. The highest BCUT2D eigenvalue weighted by molar-refractivity contribution is 7.41. The number of carbonyl (C=O) groups excluding carboxylic acids is 1. The number of ether oxygens (including phenoxy) is 1. The van der Waals surface area contributed by atoms with Gasteiger partial charge in [0, 0.05) is 13.0 Å². The van der Waals surface area contributed by atoms with Crippen LogP contribution >= 0.6 is 20.2 Å². The molecule has 2 atom stereocenters. The molecule has 114 valence electrons. The van der Waals surface area contributed by atoms with E-state index in [-0.39, 0.29) is 0 Å². The Morgan fingerprint density at radius 2 is 2.00 bits per heavy atom. The minimum absolute atomic E-state index is 0.415. The van der Waals surface area contributed by atoms with Crippen LogP contribution in [-0.4, -0.2) is 37.3 Å². The van der Waals surface area contributed by atoms with E-state index >= 15 is 0 Å². The average Bonchev–Trinajstić information content (AvgIpc) is 2.30. The summed E-state index contributed by atoms with van der Waals surface area (Å²) in [6.45, 7) is 7.72. The van der Waals surface area contributed by atoms with Crippen LogP contribution in [0.3, 0.4) is 0 Å². The van der Waals surface area contributed by atoms with Gasteiger partial charge in [0.1, 0.15) is 5.60 Å². The van der Waals surface area contributed by atoms with Crippen molar-refractivity contribution in [2.45, 2.75) is 52.2 Å². The zero-order chi connectivity index (χ0) is 14.9. The van der Waals surface area contributed by atoms with Crippen LogP contribution in [-0.2, 0) is 23.1 Å². The lowest BCUT2D eigenvalue weighted by Gasteiger charge is -2.25. The number of rotatable bonds is 9. The van der Waals surface area contributed by atoms with E-state index < -0.39 is 26.3 Å². The third-order valence-electron chi connectivity index (χ3n) is 1.87. The van der Waals surface area contributed by atoms with Crippen LogP contribution in [0.15, 0.2) is 0 Å². The van der Waals surface area contributed by atoms with E-state index in [4.69, 9.17) is 29.9 Å². The predicted octanol–water partition coefficient (Wildman–Crippen LogP) is 3.64. The molecule has 19 heavy (non-hydrogen) atoms. The summed E-state index contributed by atoms with van der Waals surface area (Å²) in [4.78, 5) is 12.0. The maximum Gasteiger partial charge on any atom is 0.336 e. The first kappa shape index (κ1) is 19.1. The summed E-state index contributed by atoms with van der Waals surface area (Å²) >= 11 is 5.65. The van der Waals surface area contributed by atoms with Crippen molar-refractivity contribution in [1.29, 1.82) is 0 Å². The van der Waals surface area contributed by atoms with Crippen molar-refractivity contribution in [2.75, 3.05) is 19.6 Å². The third kappa shape index (κ3) is 9.58. The molecule has 5 nitrogen and oxygen atoms in total. The van der Waals surface area contributed by atoms with Crippen molar-refractivity contribution in [3.63, 3.8) is 0 Å². The number of alkyl halides is 1. The second kappa shape index (κ2) is 9.89. The zero-order valence-electron chi connectivity index (χ0n) is 12.3. The summed E-state index contributed by atoms with van der Waals surface area (Å²) in [5, 5.41) is 0. The highest BCUT2D eigenvalue weighted by atomic mass is 35.5. The molecule has 0 aliphatic carbocycles. The fraction of sp³-hybridized carbons (Fsp3) is 0.917. The Balaban J connectivity index is 4.55. The van der Waals surface area contributed by atoms with Gasteiger partial charge in [0.15, 0.2) is 6.10 Å². The molecule has 0 radical (unpaired) electrons. The molecular weight excluding hydrogens is 291 g/mol. The number of carbonyl (C=O) groups is 1. The van der Waals surface area contributed by atoms with Crippen molar-refractivity contribution in [1.82, 2.24) is 0 Å². The van der Waals surface area contributed by atoms with E-state index in [1.165, 1.54) is 7.11 Å². The second-order valence-corrected chi connectivity index (χ2v) is 6.44. The van der Waals surface area contributed by atoms with Gasteiger partial charge < -0.3 is 13.8 Å². The fourth-order valence-corrected chi connectivity index (χ4v) is 2.20. The van der Waals surface area contributed by atoms with Gasteiger partial charge in [0.05, 0.1) is 6.61 Å². The quantitative estimate of drug-likeness (QED) is 0.369. The first-order valence-corrected chi connectivity index (χ1v) is 7.89. The van der Waals surface area contributed by atoms with E-state index in [9.17, 15) is 4.79 Å². The van der Waals surface area contributed by atoms with E-state index in [0.29, 0.717) is 25.3 Å². The summed E-state index contributed by atoms with van der Waals surface area (Å²) in [5.74, 6) is 0.0456. The lowest BCUT2D eigenvalue weighted by molar-refractivity contribution is -0.164. The highest BCUT2D eigenvalue weighted by Gasteiger charge is 2.29. The van der Waals surface area contributed by atoms with Gasteiger partial charge in [-0.3, -0.25) is 4.52 Å². The molecule has 0 rings (SSSR count). The van der Waals surface area contributed by atoms with Gasteiger partial charge in [0.2, 0.25) is 0 Å². The Hall–Kier alpha value is 0.0700. The predicted molar refractivity (Wildman–Crippen MR) is 76.2 cm³/mol.